The molecule has 1 aromatic heterocycles. The molecule has 1 aliphatic rings. The van der Waals surface area contributed by atoms with E-state index >= 15 is 0 Å². The van der Waals surface area contributed by atoms with Gasteiger partial charge in [-0.2, -0.15) is 11.8 Å². The fourth-order valence-electron chi connectivity index (χ4n) is 2.41. The number of rotatable bonds is 4. The largest absolute Gasteiger partial charge is 0.451 e. The molecule has 2 aromatic rings. The minimum Gasteiger partial charge on any atom is -0.451 e. The normalized spacial score (nSPS) is 16.2. The molecule has 2 heterocycles. The van der Waals surface area contributed by atoms with Crippen molar-refractivity contribution >= 4 is 34.3 Å². The highest BCUT2D eigenvalue weighted by Crippen LogP contribution is 2.21. The molecular weight excluding hydrogens is 286 g/mol. The van der Waals surface area contributed by atoms with Crippen LogP contribution >= 0.6 is 11.8 Å². The first-order valence-corrected chi connectivity index (χ1v) is 8.25. The van der Waals surface area contributed by atoms with Gasteiger partial charge in [0.25, 0.3) is 5.91 Å². The van der Waals surface area contributed by atoms with E-state index in [1.54, 1.807) is 24.3 Å². The summed E-state index contributed by atoms with van der Waals surface area (Å²) < 4.78 is 5.54. The number of amides is 1. The standard InChI is InChI=1S/C15H19N3O2S/c16-12-1-2-13-11(9-12)10-14(20-13)15(19)17-3-4-18-5-7-21-8-6-18/h1-2,9-10H,3-8,16H2,(H,17,19). The molecule has 1 saturated heterocycles. The lowest BCUT2D eigenvalue weighted by molar-refractivity contribution is 0.0923. The van der Waals surface area contributed by atoms with Gasteiger partial charge < -0.3 is 15.5 Å². The molecule has 5 nitrogen and oxygen atoms in total. The third kappa shape index (κ3) is 3.51. The number of carbonyl (C=O) groups excluding carboxylic acids is 1. The Labute approximate surface area is 127 Å². The summed E-state index contributed by atoms with van der Waals surface area (Å²) in [6, 6.07) is 7.09. The number of hydrogen-bond acceptors (Lipinski definition) is 5. The van der Waals surface area contributed by atoms with Gasteiger partial charge in [0, 0.05) is 48.8 Å². The van der Waals surface area contributed by atoms with Crippen LogP contribution in [-0.4, -0.2) is 48.5 Å². The Bertz CT molecular complexity index is 635. The van der Waals surface area contributed by atoms with Gasteiger partial charge in [-0.3, -0.25) is 9.69 Å². The quantitative estimate of drug-likeness (QED) is 0.843. The third-order valence-electron chi connectivity index (χ3n) is 3.58. The lowest BCUT2D eigenvalue weighted by Crippen LogP contribution is -2.39. The van der Waals surface area contributed by atoms with Crippen molar-refractivity contribution in [3.05, 3.63) is 30.0 Å². The van der Waals surface area contributed by atoms with Crippen LogP contribution in [0.15, 0.2) is 28.7 Å². The molecule has 1 amide bonds. The minimum absolute atomic E-state index is 0.170. The lowest BCUT2D eigenvalue weighted by atomic mass is 10.2. The zero-order chi connectivity index (χ0) is 14.7. The van der Waals surface area contributed by atoms with E-state index in [1.165, 1.54) is 11.5 Å². The van der Waals surface area contributed by atoms with Crippen molar-refractivity contribution in [3.63, 3.8) is 0 Å². The van der Waals surface area contributed by atoms with Crippen molar-refractivity contribution in [1.29, 1.82) is 0 Å². The van der Waals surface area contributed by atoms with Gasteiger partial charge in [-0.05, 0) is 24.3 Å². The number of benzene rings is 1. The van der Waals surface area contributed by atoms with Gasteiger partial charge in [0.1, 0.15) is 5.58 Å². The van der Waals surface area contributed by atoms with Crippen LogP contribution in [0.1, 0.15) is 10.6 Å². The monoisotopic (exact) mass is 305 g/mol. The van der Waals surface area contributed by atoms with Crippen LogP contribution in [0.25, 0.3) is 11.0 Å². The number of nitrogens with one attached hydrogen (secondary N) is 1. The fourth-order valence-corrected chi connectivity index (χ4v) is 3.39. The van der Waals surface area contributed by atoms with Gasteiger partial charge in [0.15, 0.2) is 5.76 Å². The number of hydrogen-bond donors (Lipinski definition) is 2. The second-order valence-electron chi connectivity index (χ2n) is 5.12. The molecule has 0 saturated carbocycles. The third-order valence-corrected chi connectivity index (χ3v) is 4.52. The number of nitrogen functional groups attached to an aromatic ring is 1. The highest BCUT2D eigenvalue weighted by molar-refractivity contribution is 7.99. The van der Waals surface area contributed by atoms with Gasteiger partial charge in [-0.1, -0.05) is 0 Å². The van der Waals surface area contributed by atoms with Gasteiger partial charge >= 0.3 is 0 Å². The summed E-state index contributed by atoms with van der Waals surface area (Å²) in [6.45, 7) is 3.73. The Kier molecular flexibility index (Phi) is 4.36. The predicted octanol–water partition coefficient (Wildman–Crippen LogP) is 1.79. The molecule has 0 spiro atoms. The van der Waals surface area contributed by atoms with Gasteiger partial charge in [0.05, 0.1) is 0 Å². The maximum Gasteiger partial charge on any atom is 0.287 e. The SMILES string of the molecule is Nc1ccc2oc(C(=O)NCCN3CCSCC3)cc2c1. The maximum atomic E-state index is 12.1. The molecular formula is C15H19N3O2S. The van der Waals surface area contributed by atoms with Gasteiger partial charge in [-0.15, -0.1) is 0 Å². The summed E-state index contributed by atoms with van der Waals surface area (Å²) >= 11 is 1.98. The number of carbonyl (C=O) groups is 1. The highest BCUT2D eigenvalue weighted by atomic mass is 32.2. The van der Waals surface area contributed by atoms with Crippen LogP contribution in [0.5, 0.6) is 0 Å². The average Bonchev–Trinajstić information content (AvgIpc) is 2.91. The van der Waals surface area contributed by atoms with E-state index in [2.05, 4.69) is 10.2 Å². The Balaban J connectivity index is 1.56. The van der Waals surface area contributed by atoms with E-state index in [9.17, 15) is 4.79 Å². The van der Waals surface area contributed by atoms with Gasteiger partial charge in [0.2, 0.25) is 0 Å². The van der Waals surface area contributed by atoms with E-state index in [0.29, 0.717) is 23.6 Å². The van der Waals surface area contributed by atoms with Crippen molar-refractivity contribution in [2.24, 2.45) is 0 Å². The second kappa shape index (κ2) is 6.41. The molecule has 0 radical (unpaired) electrons. The number of fused-ring (bicyclic) bond motifs is 1. The van der Waals surface area contributed by atoms with Crippen molar-refractivity contribution in [2.45, 2.75) is 0 Å². The Hall–Kier alpha value is -1.66. The van der Waals surface area contributed by atoms with E-state index in [-0.39, 0.29) is 5.91 Å². The first-order valence-electron chi connectivity index (χ1n) is 7.10. The van der Waals surface area contributed by atoms with Crippen LogP contribution in [0.3, 0.4) is 0 Å². The fraction of sp³-hybridized carbons (Fsp3) is 0.400. The molecule has 6 heteroatoms. The average molecular weight is 305 g/mol. The van der Waals surface area contributed by atoms with Crippen LogP contribution in [0.4, 0.5) is 5.69 Å². The zero-order valence-corrected chi connectivity index (χ0v) is 12.6. The molecule has 0 aliphatic carbocycles. The molecule has 21 heavy (non-hydrogen) atoms. The number of nitrogens with zero attached hydrogens (tertiary/aromatic N) is 1. The van der Waals surface area contributed by atoms with E-state index < -0.39 is 0 Å². The van der Waals surface area contributed by atoms with Crippen LogP contribution in [0.2, 0.25) is 0 Å². The summed E-state index contributed by atoms with van der Waals surface area (Å²) in [6.07, 6.45) is 0. The molecule has 1 fully saturated rings. The maximum absolute atomic E-state index is 12.1. The zero-order valence-electron chi connectivity index (χ0n) is 11.8. The Morgan fingerprint density at radius 1 is 1.33 bits per heavy atom. The smallest absolute Gasteiger partial charge is 0.287 e. The number of nitrogens with two attached hydrogens (primary N) is 1. The molecule has 0 unspecified atom stereocenters. The molecule has 1 aromatic carbocycles. The first-order chi connectivity index (χ1) is 10.2. The van der Waals surface area contributed by atoms with Crippen molar-refractivity contribution in [3.8, 4) is 0 Å². The molecule has 112 valence electrons. The Morgan fingerprint density at radius 3 is 2.95 bits per heavy atom. The minimum atomic E-state index is -0.170. The number of anilines is 1. The number of furan rings is 1. The van der Waals surface area contributed by atoms with Gasteiger partial charge in [-0.25, -0.2) is 0 Å². The Morgan fingerprint density at radius 2 is 2.14 bits per heavy atom. The topological polar surface area (TPSA) is 71.5 Å². The lowest BCUT2D eigenvalue weighted by Gasteiger charge is -2.25. The van der Waals surface area contributed by atoms with Crippen LogP contribution < -0.4 is 11.1 Å². The summed E-state index contributed by atoms with van der Waals surface area (Å²) in [5, 5.41) is 3.76. The predicted molar refractivity (Wildman–Crippen MR) is 86.7 cm³/mol. The van der Waals surface area contributed by atoms with Crippen molar-refractivity contribution in [2.75, 3.05) is 43.4 Å². The summed E-state index contributed by atoms with van der Waals surface area (Å²) in [5.41, 5.74) is 7.07. The van der Waals surface area contributed by atoms with Crippen LogP contribution in [-0.2, 0) is 0 Å². The van der Waals surface area contributed by atoms with E-state index in [1.807, 2.05) is 11.8 Å². The van der Waals surface area contributed by atoms with E-state index in [4.69, 9.17) is 10.2 Å². The first kappa shape index (κ1) is 14.3. The molecule has 0 bridgehead atoms. The number of thioether (sulfide) groups is 1. The summed E-state index contributed by atoms with van der Waals surface area (Å²) in [7, 11) is 0. The molecule has 1 aliphatic heterocycles. The van der Waals surface area contributed by atoms with Crippen molar-refractivity contribution in [1.82, 2.24) is 10.2 Å². The summed E-state index contributed by atoms with van der Waals surface area (Å²) in [4.78, 5) is 14.5. The molecule has 0 atom stereocenters. The second-order valence-corrected chi connectivity index (χ2v) is 6.34. The van der Waals surface area contributed by atoms with Crippen LogP contribution in [0, 0.1) is 0 Å². The highest BCUT2D eigenvalue weighted by Gasteiger charge is 2.14. The van der Waals surface area contributed by atoms with E-state index in [0.717, 1.165) is 25.0 Å². The molecule has 3 N–H and O–H groups in total. The summed E-state index contributed by atoms with van der Waals surface area (Å²) in [5.74, 6) is 2.53. The van der Waals surface area contributed by atoms with Crippen molar-refractivity contribution < 1.29 is 9.21 Å². The molecule has 3 rings (SSSR count).